The molecular weight excluding hydrogens is 387 g/mol. The van der Waals surface area contributed by atoms with E-state index in [1.54, 1.807) is 0 Å². The summed E-state index contributed by atoms with van der Waals surface area (Å²) in [6, 6.07) is 2.63. The highest BCUT2D eigenvalue weighted by atomic mass is 35.5. The predicted octanol–water partition coefficient (Wildman–Crippen LogP) is 3.86. The van der Waals surface area contributed by atoms with E-state index in [9.17, 15) is 4.79 Å². The Hall–Kier alpha value is -0.730. The Labute approximate surface area is 161 Å². The molecule has 0 aliphatic heterocycles. The molecule has 0 spiro atoms. The van der Waals surface area contributed by atoms with Crippen LogP contribution in [0, 0.1) is 12.8 Å². The van der Waals surface area contributed by atoms with Crippen LogP contribution in [0.5, 0.6) is 0 Å². The van der Waals surface area contributed by atoms with Crippen LogP contribution in [0.1, 0.15) is 45.4 Å². The number of aromatic nitrogens is 2. The SMILES string of the molecule is Cc1nnc(NC(=O)c2cc(C3CC3NCC3CC3)cs2)s1.Cl.Cl. The van der Waals surface area contributed by atoms with E-state index in [-0.39, 0.29) is 30.7 Å². The standard InChI is InChI=1S/C15H18N4OS2.2ClH/c1-8-18-19-15(22-8)17-14(20)13-4-10(7-21-13)11-5-12(11)16-6-9-2-3-9;;/h4,7,9,11-12,16H,2-3,5-6H2,1H3,(H,17,19,20);2*1H. The zero-order valence-corrected chi connectivity index (χ0v) is 16.4. The number of anilines is 1. The van der Waals surface area contributed by atoms with Gasteiger partial charge in [0.25, 0.3) is 5.91 Å². The van der Waals surface area contributed by atoms with E-state index in [2.05, 4.69) is 26.2 Å². The molecule has 2 fully saturated rings. The molecule has 0 aromatic carbocycles. The quantitative estimate of drug-likeness (QED) is 0.763. The molecule has 2 N–H and O–H groups in total. The van der Waals surface area contributed by atoms with Gasteiger partial charge >= 0.3 is 0 Å². The highest BCUT2D eigenvalue weighted by Gasteiger charge is 2.39. The van der Waals surface area contributed by atoms with Crippen LogP contribution in [0.2, 0.25) is 0 Å². The molecule has 2 aliphatic rings. The number of nitrogens with one attached hydrogen (secondary N) is 2. The Bertz CT molecular complexity index is 701. The van der Waals surface area contributed by atoms with E-state index in [1.165, 1.54) is 47.5 Å². The zero-order chi connectivity index (χ0) is 15.1. The molecule has 4 rings (SSSR count). The Morgan fingerprint density at radius 2 is 2.12 bits per heavy atom. The number of rotatable bonds is 6. The van der Waals surface area contributed by atoms with Crippen LogP contribution in [-0.4, -0.2) is 28.7 Å². The van der Waals surface area contributed by atoms with Gasteiger partial charge in [0.2, 0.25) is 5.13 Å². The lowest BCUT2D eigenvalue weighted by molar-refractivity contribution is 0.103. The Morgan fingerprint density at radius 1 is 1.33 bits per heavy atom. The lowest BCUT2D eigenvalue weighted by Gasteiger charge is -2.01. The van der Waals surface area contributed by atoms with Crippen LogP contribution in [0.4, 0.5) is 5.13 Å². The van der Waals surface area contributed by atoms with Crippen molar-refractivity contribution in [3.05, 3.63) is 26.9 Å². The highest BCUT2D eigenvalue weighted by Crippen LogP contribution is 2.43. The van der Waals surface area contributed by atoms with E-state index in [1.807, 2.05) is 13.0 Å². The maximum Gasteiger partial charge on any atom is 0.267 e. The first-order valence-corrected chi connectivity index (χ1v) is 9.32. The van der Waals surface area contributed by atoms with Gasteiger partial charge < -0.3 is 5.32 Å². The number of amides is 1. The van der Waals surface area contributed by atoms with Gasteiger partial charge in [0.15, 0.2) is 0 Å². The summed E-state index contributed by atoms with van der Waals surface area (Å²) in [7, 11) is 0. The fourth-order valence-electron chi connectivity index (χ4n) is 2.60. The topological polar surface area (TPSA) is 66.9 Å². The zero-order valence-electron chi connectivity index (χ0n) is 13.2. The summed E-state index contributed by atoms with van der Waals surface area (Å²) in [6.45, 7) is 3.04. The minimum absolute atomic E-state index is 0. The van der Waals surface area contributed by atoms with Crippen molar-refractivity contribution >= 4 is 58.5 Å². The Morgan fingerprint density at radius 3 is 2.79 bits per heavy atom. The number of aryl methyl sites for hydroxylation is 1. The van der Waals surface area contributed by atoms with E-state index in [4.69, 9.17) is 0 Å². The number of halogens is 2. The third kappa shape index (κ3) is 4.67. The number of hydrogen-bond donors (Lipinski definition) is 2. The normalized spacial score (nSPS) is 21.5. The summed E-state index contributed by atoms with van der Waals surface area (Å²) in [5, 5.41) is 17.8. The van der Waals surface area contributed by atoms with E-state index >= 15 is 0 Å². The molecule has 2 aromatic rings. The van der Waals surface area contributed by atoms with Crippen LogP contribution in [0.25, 0.3) is 0 Å². The number of carbonyl (C=O) groups is 1. The van der Waals surface area contributed by atoms with Crippen LogP contribution in [0.15, 0.2) is 11.4 Å². The molecule has 2 aromatic heterocycles. The third-order valence-electron chi connectivity index (χ3n) is 4.17. The fraction of sp³-hybridized carbons (Fsp3) is 0.533. The smallest absolute Gasteiger partial charge is 0.267 e. The molecule has 24 heavy (non-hydrogen) atoms. The maximum absolute atomic E-state index is 12.2. The van der Waals surface area contributed by atoms with Gasteiger partial charge in [-0.3, -0.25) is 10.1 Å². The summed E-state index contributed by atoms with van der Waals surface area (Å²) in [5.41, 5.74) is 1.29. The van der Waals surface area contributed by atoms with Gasteiger partial charge in [-0.1, -0.05) is 11.3 Å². The van der Waals surface area contributed by atoms with Gasteiger partial charge in [-0.2, -0.15) is 0 Å². The van der Waals surface area contributed by atoms with Crippen LogP contribution in [-0.2, 0) is 0 Å². The van der Waals surface area contributed by atoms with Crippen LogP contribution in [0.3, 0.4) is 0 Å². The first-order valence-electron chi connectivity index (χ1n) is 7.62. The van der Waals surface area contributed by atoms with E-state index < -0.39 is 0 Å². The lowest BCUT2D eigenvalue weighted by Crippen LogP contribution is -2.20. The minimum atomic E-state index is -0.0875. The molecule has 2 heterocycles. The molecule has 2 saturated carbocycles. The van der Waals surface area contributed by atoms with Crippen molar-refractivity contribution in [1.82, 2.24) is 15.5 Å². The summed E-state index contributed by atoms with van der Waals surface area (Å²) in [4.78, 5) is 13.0. The number of hydrogen-bond acceptors (Lipinski definition) is 6. The second-order valence-corrected chi connectivity index (χ2v) is 8.22. The van der Waals surface area contributed by atoms with Gasteiger partial charge in [0.05, 0.1) is 4.88 Å². The van der Waals surface area contributed by atoms with Gasteiger partial charge in [-0.15, -0.1) is 46.3 Å². The molecule has 0 radical (unpaired) electrons. The average Bonchev–Trinajstić information content (AvgIpc) is 3.38. The van der Waals surface area contributed by atoms with Gasteiger partial charge in [-0.05, 0) is 55.7 Å². The first-order chi connectivity index (χ1) is 10.7. The summed E-state index contributed by atoms with van der Waals surface area (Å²) < 4.78 is 0. The fourth-order valence-corrected chi connectivity index (χ4v) is 4.05. The van der Waals surface area contributed by atoms with Gasteiger partial charge in [-0.25, -0.2) is 0 Å². The lowest BCUT2D eigenvalue weighted by atomic mass is 10.2. The molecule has 1 amide bonds. The maximum atomic E-state index is 12.2. The van der Waals surface area contributed by atoms with Crippen molar-refractivity contribution in [2.45, 2.75) is 38.1 Å². The molecule has 5 nitrogen and oxygen atoms in total. The number of nitrogens with zero attached hydrogens (tertiary/aromatic N) is 2. The number of thiophene rings is 1. The Balaban J connectivity index is 0.00000104. The van der Waals surface area contributed by atoms with Gasteiger partial charge in [0.1, 0.15) is 5.01 Å². The molecule has 9 heteroatoms. The summed E-state index contributed by atoms with van der Waals surface area (Å²) in [6.07, 6.45) is 3.97. The molecule has 132 valence electrons. The molecular formula is C15H20Cl2N4OS2. The molecule has 0 saturated heterocycles. The van der Waals surface area contributed by atoms with Crippen molar-refractivity contribution in [1.29, 1.82) is 0 Å². The van der Waals surface area contributed by atoms with Crippen molar-refractivity contribution in [2.75, 3.05) is 11.9 Å². The summed E-state index contributed by atoms with van der Waals surface area (Å²) in [5.74, 6) is 1.41. The summed E-state index contributed by atoms with van der Waals surface area (Å²) >= 11 is 2.90. The largest absolute Gasteiger partial charge is 0.313 e. The first kappa shape index (κ1) is 19.6. The Kier molecular flexibility index (Phi) is 6.61. The van der Waals surface area contributed by atoms with Crippen LogP contribution >= 0.6 is 47.5 Å². The third-order valence-corrected chi connectivity index (χ3v) is 5.88. The van der Waals surface area contributed by atoms with E-state index in [0.29, 0.717) is 17.1 Å². The van der Waals surface area contributed by atoms with Crippen molar-refractivity contribution in [2.24, 2.45) is 5.92 Å². The van der Waals surface area contributed by atoms with Crippen molar-refractivity contribution in [3.63, 3.8) is 0 Å². The molecule has 2 aliphatic carbocycles. The van der Waals surface area contributed by atoms with Crippen LogP contribution < -0.4 is 10.6 Å². The van der Waals surface area contributed by atoms with Crippen molar-refractivity contribution < 1.29 is 4.79 Å². The second kappa shape index (κ2) is 8.10. The van der Waals surface area contributed by atoms with E-state index in [0.717, 1.165) is 22.3 Å². The monoisotopic (exact) mass is 406 g/mol. The average molecular weight is 407 g/mol. The highest BCUT2D eigenvalue weighted by molar-refractivity contribution is 7.15. The molecule has 2 unspecified atom stereocenters. The second-order valence-electron chi connectivity index (χ2n) is 6.12. The van der Waals surface area contributed by atoms with Gasteiger partial charge in [0, 0.05) is 12.0 Å². The number of carbonyl (C=O) groups excluding carboxylic acids is 1. The molecule has 0 bridgehead atoms. The predicted molar refractivity (Wildman–Crippen MR) is 103 cm³/mol. The minimum Gasteiger partial charge on any atom is -0.313 e. The molecule has 2 atom stereocenters. The van der Waals surface area contributed by atoms with Crippen molar-refractivity contribution in [3.8, 4) is 0 Å².